The molecule has 0 saturated carbocycles. The van der Waals surface area contributed by atoms with Gasteiger partial charge in [-0.2, -0.15) is 0 Å². The van der Waals surface area contributed by atoms with Crippen molar-refractivity contribution in [2.24, 2.45) is 0 Å². The maximum absolute atomic E-state index is 12.1. The van der Waals surface area contributed by atoms with Crippen LogP contribution in [0.4, 0.5) is 0 Å². The highest BCUT2D eigenvalue weighted by molar-refractivity contribution is 7.90. The molecule has 0 aliphatic rings. The Morgan fingerprint density at radius 3 is 2.17 bits per heavy atom. The zero-order valence-corrected chi connectivity index (χ0v) is 15.7. The summed E-state index contributed by atoms with van der Waals surface area (Å²) < 4.78 is 22.4. The zero-order chi connectivity index (χ0) is 18.4. The van der Waals surface area contributed by atoms with Crippen LogP contribution in [0.3, 0.4) is 0 Å². The van der Waals surface area contributed by atoms with Gasteiger partial charge in [-0.25, -0.2) is 8.42 Å². The van der Waals surface area contributed by atoms with Gasteiger partial charge in [0.2, 0.25) is 5.91 Å². The van der Waals surface area contributed by atoms with Crippen molar-refractivity contribution >= 4 is 21.5 Å². The summed E-state index contributed by atoms with van der Waals surface area (Å²) in [6.45, 7) is 5.61. The van der Waals surface area contributed by atoms with Gasteiger partial charge >= 0.3 is 0 Å². The van der Waals surface area contributed by atoms with E-state index in [0.29, 0.717) is 12.0 Å². The van der Waals surface area contributed by atoms with Gasteiger partial charge < -0.3 is 5.32 Å². The van der Waals surface area contributed by atoms with Crippen LogP contribution in [0.1, 0.15) is 56.0 Å². The SMILES string of the molecule is CCc1ccc(C(=O)CCC(=O)NC(C)(C)CCS(C)(=O)=O)cc1. The lowest BCUT2D eigenvalue weighted by molar-refractivity contribution is -0.122. The Morgan fingerprint density at radius 2 is 1.67 bits per heavy atom. The summed E-state index contributed by atoms with van der Waals surface area (Å²) in [6.07, 6.45) is 2.66. The van der Waals surface area contributed by atoms with E-state index in [9.17, 15) is 18.0 Å². The quantitative estimate of drug-likeness (QED) is 0.692. The predicted molar refractivity (Wildman–Crippen MR) is 95.9 cm³/mol. The Kier molecular flexibility index (Phi) is 7.14. The molecule has 0 aliphatic heterocycles. The molecule has 0 spiro atoms. The number of amides is 1. The fourth-order valence-electron chi connectivity index (χ4n) is 2.24. The van der Waals surface area contributed by atoms with Crippen molar-refractivity contribution in [3.63, 3.8) is 0 Å². The molecule has 0 bridgehead atoms. The van der Waals surface area contributed by atoms with Gasteiger partial charge in [0.15, 0.2) is 5.78 Å². The largest absolute Gasteiger partial charge is 0.351 e. The number of nitrogens with one attached hydrogen (secondary N) is 1. The molecule has 0 aromatic heterocycles. The fourth-order valence-corrected chi connectivity index (χ4v) is 3.12. The van der Waals surface area contributed by atoms with Crippen molar-refractivity contribution in [3.8, 4) is 0 Å². The van der Waals surface area contributed by atoms with E-state index in [1.807, 2.05) is 19.1 Å². The highest BCUT2D eigenvalue weighted by Crippen LogP contribution is 2.12. The van der Waals surface area contributed by atoms with Crippen LogP contribution in [-0.2, 0) is 21.1 Å². The molecule has 1 amide bonds. The number of rotatable bonds is 9. The van der Waals surface area contributed by atoms with Crippen LogP contribution in [0, 0.1) is 0 Å². The molecule has 0 heterocycles. The minimum absolute atomic E-state index is 0.0169. The fraction of sp³-hybridized carbons (Fsp3) is 0.556. The number of Topliss-reactive ketones (excluding diaryl/α,β-unsaturated/α-hetero) is 1. The molecule has 0 fully saturated rings. The summed E-state index contributed by atoms with van der Waals surface area (Å²) in [5.41, 5.74) is 1.15. The standard InChI is InChI=1S/C18H27NO4S/c1-5-14-6-8-15(9-7-14)16(20)10-11-17(21)19-18(2,3)12-13-24(4,22)23/h6-9H,5,10-13H2,1-4H3,(H,19,21). The summed E-state index contributed by atoms with van der Waals surface area (Å²) >= 11 is 0. The second-order valence-corrected chi connectivity index (χ2v) is 9.05. The molecule has 0 radical (unpaired) electrons. The monoisotopic (exact) mass is 353 g/mol. The van der Waals surface area contributed by atoms with E-state index in [1.54, 1.807) is 26.0 Å². The summed E-state index contributed by atoms with van der Waals surface area (Å²) in [4.78, 5) is 24.1. The third-order valence-corrected chi connectivity index (χ3v) is 4.78. The van der Waals surface area contributed by atoms with Gasteiger partial charge in [-0.1, -0.05) is 31.2 Å². The lowest BCUT2D eigenvalue weighted by Gasteiger charge is -2.26. The van der Waals surface area contributed by atoms with E-state index in [4.69, 9.17) is 0 Å². The molecule has 1 aromatic rings. The van der Waals surface area contributed by atoms with E-state index >= 15 is 0 Å². The van der Waals surface area contributed by atoms with Crippen molar-refractivity contribution in [2.75, 3.05) is 12.0 Å². The minimum Gasteiger partial charge on any atom is -0.351 e. The first-order chi connectivity index (χ1) is 11.0. The number of hydrogen-bond acceptors (Lipinski definition) is 4. The Hall–Kier alpha value is -1.69. The number of benzene rings is 1. The van der Waals surface area contributed by atoms with Gasteiger partial charge in [0.25, 0.3) is 0 Å². The first-order valence-corrected chi connectivity index (χ1v) is 10.2. The summed E-state index contributed by atoms with van der Waals surface area (Å²) in [6, 6.07) is 7.41. The number of ketones is 1. The van der Waals surface area contributed by atoms with Crippen LogP contribution in [0.2, 0.25) is 0 Å². The van der Waals surface area contributed by atoms with Gasteiger partial charge in [0, 0.05) is 30.2 Å². The van der Waals surface area contributed by atoms with Crippen LogP contribution in [0.5, 0.6) is 0 Å². The molecule has 0 atom stereocenters. The molecule has 0 saturated heterocycles. The lowest BCUT2D eigenvalue weighted by atomic mass is 10.0. The first kappa shape index (κ1) is 20.4. The molecule has 0 aliphatic carbocycles. The van der Waals surface area contributed by atoms with Gasteiger partial charge in [-0.05, 0) is 32.3 Å². The topological polar surface area (TPSA) is 80.3 Å². The molecular weight excluding hydrogens is 326 g/mol. The Morgan fingerprint density at radius 1 is 1.08 bits per heavy atom. The Balaban J connectivity index is 2.48. The number of carbonyl (C=O) groups is 2. The first-order valence-electron chi connectivity index (χ1n) is 8.13. The molecule has 1 aromatic carbocycles. The number of sulfone groups is 1. The third kappa shape index (κ3) is 7.73. The molecule has 5 nitrogen and oxygen atoms in total. The van der Waals surface area contributed by atoms with E-state index in [1.165, 1.54) is 6.26 Å². The second kappa shape index (κ2) is 8.42. The van der Waals surface area contributed by atoms with E-state index < -0.39 is 15.4 Å². The molecule has 0 unspecified atom stereocenters. The van der Waals surface area contributed by atoms with Crippen LogP contribution in [-0.4, -0.2) is 37.7 Å². The number of hydrogen-bond donors (Lipinski definition) is 1. The highest BCUT2D eigenvalue weighted by Gasteiger charge is 2.22. The summed E-state index contributed by atoms with van der Waals surface area (Å²) in [5.74, 6) is -0.294. The van der Waals surface area contributed by atoms with Crippen LogP contribution >= 0.6 is 0 Å². The van der Waals surface area contributed by atoms with Gasteiger partial charge in [-0.3, -0.25) is 9.59 Å². The average Bonchev–Trinajstić information content (AvgIpc) is 2.50. The van der Waals surface area contributed by atoms with Crippen LogP contribution in [0.25, 0.3) is 0 Å². The number of aryl methyl sites for hydroxylation is 1. The Labute approximate surface area is 144 Å². The van der Waals surface area contributed by atoms with Gasteiger partial charge in [-0.15, -0.1) is 0 Å². The van der Waals surface area contributed by atoms with Crippen molar-refractivity contribution < 1.29 is 18.0 Å². The molecule has 134 valence electrons. The molecule has 1 rings (SSSR count). The minimum atomic E-state index is -3.07. The van der Waals surface area contributed by atoms with E-state index in [2.05, 4.69) is 5.32 Å². The van der Waals surface area contributed by atoms with Gasteiger partial charge in [0.05, 0.1) is 5.75 Å². The van der Waals surface area contributed by atoms with Crippen molar-refractivity contribution in [1.82, 2.24) is 5.32 Å². The highest BCUT2D eigenvalue weighted by atomic mass is 32.2. The van der Waals surface area contributed by atoms with Crippen LogP contribution in [0.15, 0.2) is 24.3 Å². The van der Waals surface area contributed by atoms with Crippen molar-refractivity contribution in [3.05, 3.63) is 35.4 Å². The maximum atomic E-state index is 12.1. The predicted octanol–water partition coefficient (Wildman–Crippen LogP) is 2.54. The van der Waals surface area contributed by atoms with Crippen molar-refractivity contribution in [2.45, 2.75) is 52.0 Å². The summed E-state index contributed by atoms with van der Waals surface area (Å²) in [7, 11) is -3.07. The second-order valence-electron chi connectivity index (χ2n) is 6.79. The maximum Gasteiger partial charge on any atom is 0.220 e. The van der Waals surface area contributed by atoms with Crippen molar-refractivity contribution in [1.29, 1.82) is 0 Å². The third-order valence-electron chi connectivity index (χ3n) is 3.84. The van der Waals surface area contributed by atoms with Crippen LogP contribution < -0.4 is 5.32 Å². The van der Waals surface area contributed by atoms with E-state index in [-0.39, 0.29) is 30.3 Å². The normalized spacial score (nSPS) is 12.0. The summed E-state index contributed by atoms with van der Waals surface area (Å²) in [5, 5.41) is 2.80. The molecule has 6 heteroatoms. The number of carbonyl (C=O) groups excluding carboxylic acids is 2. The zero-order valence-electron chi connectivity index (χ0n) is 14.9. The average molecular weight is 353 g/mol. The Bertz CT molecular complexity index is 675. The molecular formula is C18H27NO4S. The smallest absolute Gasteiger partial charge is 0.220 e. The lowest BCUT2D eigenvalue weighted by Crippen LogP contribution is -2.44. The molecule has 24 heavy (non-hydrogen) atoms. The van der Waals surface area contributed by atoms with Gasteiger partial charge in [0.1, 0.15) is 9.84 Å². The van der Waals surface area contributed by atoms with E-state index in [0.717, 1.165) is 12.0 Å². The molecule has 1 N–H and O–H groups in total.